The molecule has 106 valence electrons. The number of rotatable bonds is 3. The molecule has 1 aromatic rings. The fraction of sp³-hybridized carbons (Fsp3) is 0.600. The molecule has 0 N–H and O–H groups in total. The lowest BCUT2D eigenvalue weighted by Crippen LogP contribution is -2.40. The fourth-order valence-electron chi connectivity index (χ4n) is 1.99. The molecule has 0 spiro atoms. The van der Waals surface area contributed by atoms with E-state index in [1.807, 2.05) is 18.2 Å². The Morgan fingerprint density at radius 1 is 1.16 bits per heavy atom. The summed E-state index contributed by atoms with van der Waals surface area (Å²) in [7, 11) is 3.24. The Morgan fingerprint density at radius 3 is 2.42 bits per heavy atom. The maximum absolute atomic E-state index is 5.94. The molecule has 1 aromatic carbocycles. The second-order valence-corrected chi connectivity index (χ2v) is 5.52. The standard InChI is InChI=1S/C15H22O4/c1-10-15(2,3)9-18-14(19-10)11-6-7-12(16-4)13(8-11)17-5/h6-8,10,14H,9H2,1-5H3/t10-,14-/m0/s1. The van der Waals surface area contributed by atoms with E-state index < -0.39 is 0 Å². The molecule has 1 saturated heterocycles. The van der Waals surface area contributed by atoms with Crippen LogP contribution < -0.4 is 9.47 Å². The van der Waals surface area contributed by atoms with Gasteiger partial charge in [0.05, 0.1) is 26.9 Å². The molecule has 19 heavy (non-hydrogen) atoms. The summed E-state index contributed by atoms with van der Waals surface area (Å²) in [4.78, 5) is 0. The highest BCUT2D eigenvalue weighted by atomic mass is 16.7. The lowest BCUT2D eigenvalue weighted by atomic mass is 9.87. The summed E-state index contributed by atoms with van der Waals surface area (Å²) in [6, 6.07) is 5.71. The van der Waals surface area contributed by atoms with Crippen molar-refractivity contribution in [3.05, 3.63) is 23.8 Å². The normalized spacial score (nSPS) is 25.9. The predicted octanol–water partition coefficient (Wildman–Crippen LogP) is 3.16. The Kier molecular flexibility index (Phi) is 4.02. The maximum atomic E-state index is 5.94. The van der Waals surface area contributed by atoms with Crippen LogP contribution in [0.4, 0.5) is 0 Å². The first-order valence-corrected chi connectivity index (χ1v) is 6.47. The zero-order valence-corrected chi connectivity index (χ0v) is 12.2. The topological polar surface area (TPSA) is 36.9 Å². The van der Waals surface area contributed by atoms with Crippen molar-refractivity contribution < 1.29 is 18.9 Å². The van der Waals surface area contributed by atoms with E-state index in [0.29, 0.717) is 18.1 Å². The van der Waals surface area contributed by atoms with Gasteiger partial charge in [0.1, 0.15) is 0 Å². The van der Waals surface area contributed by atoms with E-state index in [-0.39, 0.29) is 17.8 Å². The second kappa shape index (κ2) is 5.39. The molecule has 1 heterocycles. The third kappa shape index (κ3) is 2.85. The minimum absolute atomic E-state index is 0.0348. The predicted molar refractivity (Wildman–Crippen MR) is 72.6 cm³/mol. The Bertz CT molecular complexity index is 442. The first kappa shape index (κ1) is 14.2. The van der Waals surface area contributed by atoms with Crippen molar-refractivity contribution in [2.75, 3.05) is 20.8 Å². The summed E-state index contributed by atoms with van der Waals surface area (Å²) in [5, 5.41) is 0. The molecule has 0 aromatic heterocycles. The van der Waals surface area contributed by atoms with Gasteiger partial charge in [0, 0.05) is 11.0 Å². The minimum atomic E-state index is -0.345. The smallest absolute Gasteiger partial charge is 0.184 e. The molecular weight excluding hydrogens is 244 g/mol. The van der Waals surface area contributed by atoms with E-state index in [1.54, 1.807) is 14.2 Å². The third-order valence-corrected chi connectivity index (χ3v) is 3.71. The van der Waals surface area contributed by atoms with Crippen LogP contribution in [0, 0.1) is 5.41 Å². The summed E-state index contributed by atoms with van der Waals surface area (Å²) in [5.74, 6) is 1.39. The third-order valence-electron chi connectivity index (χ3n) is 3.71. The van der Waals surface area contributed by atoms with Gasteiger partial charge in [-0.3, -0.25) is 0 Å². The largest absolute Gasteiger partial charge is 0.493 e. The van der Waals surface area contributed by atoms with Crippen molar-refractivity contribution in [3.8, 4) is 11.5 Å². The molecule has 0 amide bonds. The van der Waals surface area contributed by atoms with Crippen molar-refractivity contribution in [1.82, 2.24) is 0 Å². The monoisotopic (exact) mass is 266 g/mol. The number of methoxy groups -OCH3 is 2. The molecule has 0 radical (unpaired) electrons. The number of hydrogen-bond donors (Lipinski definition) is 0. The zero-order chi connectivity index (χ0) is 14.0. The van der Waals surface area contributed by atoms with Crippen LogP contribution in [0.1, 0.15) is 32.6 Å². The highest BCUT2D eigenvalue weighted by Gasteiger charge is 2.36. The SMILES string of the molecule is COc1ccc([C@H]2OCC(C)(C)[C@H](C)O2)cc1OC. The van der Waals surface area contributed by atoms with Crippen molar-refractivity contribution in [1.29, 1.82) is 0 Å². The number of ether oxygens (including phenoxy) is 4. The van der Waals surface area contributed by atoms with Gasteiger partial charge >= 0.3 is 0 Å². The molecule has 1 aliphatic heterocycles. The van der Waals surface area contributed by atoms with Crippen LogP contribution in [0.15, 0.2) is 18.2 Å². The Balaban J connectivity index is 2.19. The minimum Gasteiger partial charge on any atom is -0.493 e. The van der Waals surface area contributed by atoms with E-state index in [2.05, 4.69) is 20.8 Å². The molecule has 0 unspecified atom stereocenters. The summed E-state index contributed by atoms with van der Waals surface area (Å²) < 4.78 is 22.3. The van der Waals surface area contributed by atoms with E-state index >= 15 is 0 Å². The molecule has 0 aliphatic carbocycles. The van der Waals surface area contributed by atoms with Crippen molar-refractivity contribution in [3.63, 3.8) is 0 Å². The first-order chi connectivity index (χ1) is 8.97. The van der Waals surface area contributed by atoms with Gasteiger partial charge in [0.2, 0.25) is 0 Å². The summed E-state index contributed by atoms with van der Waals surface area (Å²) in [6.45, 7) is 7.04. The average Bonchev–Trinajstić information content (AvgIpc) is 2.41. The summed E-state index contributed by atoms with van der Waals surface area (Å²) >= 11 is 0. The Hall–Kier alpha value is -1.26. The van der Waals surface area contributed by atoms with Crippen LogP contribution in [0.25, 0.3) is 0 Å². The van der Waals surface area contributed by atoms with Gasteiger partial charge in [0.25, 0.3) is 0 Å². The number of hydrogen-bond acceptors (Lipinski definition) is 4. The van der Waals surface area contributed by atoms with Gasteiger partial charge in [0.15, 0.2) is 17.8 Å². The Labute approximate surface area is 114 Å². The van der Waals surface area contributed by atoms with Crippen LogP contribution >= 0.6 is 0 Å². The molecule has 4 heteroatoms. The lowest BCUT2D eigenvalue weighted by molar-refractivity contribution is -0.259. The molecule has 2 rings (SSSR count). The summed E-state index contributed by atoms with van der Waals surface area (Å²) in [5.41, 5.74) is 0.979. The second-order valence-electron chi connectivity index (χ2n) is 5.52. The van der Waals surface area contributed by atoms with Crippen LogP contribution in [-0.4, -0.2) is 26.9 Å². The molecule has 0 saturated carbocycles. The van der Waals surface area contributed by atoms with Gasteiger partial charge in [-0.2, -0.15) is 0 Å². The Morgan fingerprint density at radius 2 is 1.84 bits per heavy atom. The number of benzene rings is 1. The van der Waals surface area contributed by atoms with Crippen LogP contribution in [0.5, 0.6) is 11.5 Å². The van der Waals surface area contributed by atoms with Gasteiger partial charge < -0.3 is 18.9 Å². The molecule has 4 nitrogen and oxygen atoms in total. The van der Waals surface area contributed by atoms with Crippen LogP contribution in [-0.2, 0) is 9.47 Å². The average molecular weight is 266 g/mol. The lowest BCUT2D eigenvalue weighted by Gasteiger charge is -2.40. The van der Waals surface area contributed by atoms with Gasteiger partial charge in [-0.15, -0.1) is 0 Å². The molecule has 1 aliphatic rings. The quantitative estimate of drug-likeness (QED) is 0.842. The van der Waals surface area contributed by atoms with Crippen molar-refractivity contribution >= 4 is 0 Å². The van der Waals surface area contributed by atoms with E-state index in [1.165, 1.54) is 0 Å². The van der Waals surface area contributed by atoms with Gasteiger partial charge in [-0.05, 0) is 19.1 Å². The van der Waals surface area contributed by atoms with Crippen LogP contribution in [0.2, 0.25) is 0 Å². The highest BCUT2D eigenvalue weighted by molar-refractivity contribution is 5.43. The van der Waals surface area contributed by atoms with Crippen molar-refractivity contribution in [2.24, 2.45) is 5.41 Å². The molecule has 2 atom stereocenters. The molecule has 0 bridgehead atoms. The highest BCUT2D eigenvalue weighted by Crippen LogP contribution is 2.38. The summed E-state index contributed by atoms with van der Waals surface area (Å²) in [6.07, 6.45) is -0.206. The van der Waals surface area contributed by atoms with E-state index in [9.17, 15) is 0 Å². The van der Waals surface area contributed by atoms with Gasteiger partial charge in [-0.1, -0.05) is 19.9 Å². The van der Waals surface area contributed by atoms with E-state index in [0.717, 1.165) is 5.56 Å². The first-order valence-electron chi connectivity index (χ1n) is 6.47. The van der Waals surface area contributed by atoms with Crippen LogP contribution in [0.3, 0.4) is 0 Å². The zero-order valence-electron chi connectivity index (χ0n) is 12.2. The van der Waals surface area contributed by atoms with E-state index in [4.69, 9.17) is 18.9 Å². The molecular formula is C15H22O4. The van der Waals surface area contributed by atoms with Gasteiger partial charge in [-0.25, -0.2) is 0 Å². The fourth-order valence-corrected chi connectivity index (χ4v) is 1.99. The maximum Gasteiger partial charge on any atom is 0.184 e. The molecule has 1 fully saturated rings. The van der Waals surface area contributed by atoms with Crippen molar-refractivity contribution in [2.45, 2.75) is 33.2 Å².